The Balaban J connectivity index is 2.27. The highest BCUT2D eigenvalue weighted by molar-refractivity contribution is 7.84. The van der Waals surface area contributed by atoms with Crippen LogP contribution in [0.25, 0.3) is 0 Å². The van der Waals surface area contributed by atoms with E-state index >= 15 is 0 Å². The molecule has 2 rings (SSSR count). The molecule has 0 aromatic heterocycles. The van der Waals surface area contributed by atoms with Crippen LogP contribution < -0.4 is 5.32 Å². The molecule has 116 valence electrons. The molecule has 3 atom stereocenters. The average Bonchev–Trinajstić information content (AvgIpc) is 2.73. The Hall–Kier alpha value is -1.20. The molecule has 0 aliphatic carbocycles. The minimum atomic E-state index is -0.896. The Kier molecular flexibility index (Phi) is 5.17. The number of amides is 1. The number of carbonyl (C=O) groups excluding carboxylic acids is 1. The van der Waals surface area contributed by atoms with Gasteiger partial charge in [0.15, 0.2) is 0 Å². The summed E-state index contributed by atoms with van der Waals surface area (Å²) >= 11 is 0. The topological polar surface area (TPSA) is 49.4 Å². The van der Waals surface area contributed by atoms with Gasteiger partial charge in [0.25, 0.3) is 0 Å². The summed E-state index contributed by atoms with van der Waals surface area (Å²) in [5, 5.41) is 3.43. The van der Waals surface area contributed by atoms with Gasteiger partial charge in [0.2, 0.25) is 5.91 Å². The molecule has 1 aromatic carbocycles. The molecule has 5 heteroatoms. The average molecular weight is 308 g/mol. The van der Waals surface area contributed by atoms with Gasteiger partial charge in [-0.1, -0.05) is 43.7 Å². The van der Waals surface area contributed by atoms with E-state index in [2.05, 4.69) is 11.4 Å². The summed E-state index contributed by atoms with van der Waals surface area (Å²) in [5.74, 6) is 0.865. The Morgan fingerprint density at radius 2 is 2.10 bits per heavy atom. The van der Waals surface area contributed by atoms with E-state index in [1.54, 1.807) is 6.26 Å². The quantitative estimate of drug-likeness (QED) is 0.903. The van der Waals surface area contributed by atoms with E-state index in [4.69, 9.17) is 0 Å². The molecule has 1 aromatic rings. The number of hydrogen-bond acceptors (Lipinski definition) is 3. The van der Waals surface area contributed by atoms with Gasteiger partial charge in [0.05, 0.1) is 6.04 Å². The van der Waals surface area contributed by atoms with Crippen molar-refractivity contribution in [1.82, 2.24) is 10.2 Å². The fraction of sp³-hybridized carbons (Fsp3) is 0.562. The van der Waals surface area contributed by atoms with Crippen molar-refractivity contribution >= 4 is 16.7 Å². The zero-order valence-electron chi connectivity index (χ0n) is 13.1. The standard InChI is InChI=1S/C16H24N2O2S/c1-11(2)14-16(19)18(8-9-21(4)20)15(17-14)13-7-5-6-12(3)10-13/h5-7,10-11,14-15,17H,8-9H2,1-4H3. The summed E-state index contributed by atoms with van der Waals surface area (Å²) in [6, 6.07) is 8.03. The lowest BCUT2D eigenvalue weighted by molar-refractivity contribution is -0.130. The minimum Gasteiger partial charge on any atom is -0.321 e. The van der Waals surface area contributed by atoms with Crippen LogP contribution in [0.5, 0.6) is 0 Å². The Morgan fingerprint density at radius 3 is 2.67 bits per heavy atom. The van der Waals surface area contributed by atoms with Crippen molar-refractivity contribution in [3.63, 3.8) is 0 Å². The normalized spacial score (nSPS) is 23.9. The van der Waals surface area contributed by atoms with Gasteiger partial charge in [-0.15, -0.1) is 0 Å². The minimum absolute atomic E-state index is 0.113. The second-order valence-electron chi connectivity index (χ2n) is 6.01. The zero-order chi connectivity index (χ0) is 15.6. The Labute approximate surface area is 129 Å². The van der Waals surface area contributed by atoms with Crippen LogP contribution in [-0.4, -0.2) is 39.6 Å². The summed E-state index contributed by atoms with van der Waals surface area (Å²) in [6.45, 7) is 6.66. The van der Waals surface area contributed by atoms with Crippen LogP contribution in [0.15, 0.2) is 24.3 Å². The van der Waals surface area contributed by atoms with Crippen molar-refractivity contribution in [3.05, 3.63) is 35.4 Å². The summed E-state index contributed by atoms with van der Waals surface area (Å²) in [5.41, 5.74) is 2.27. The smallest absolute Gasteiger partial charge is 0.241 e. The zero-order valence-corrected chi connectivity index (χ0v) is 13.9. The summed E-state index contributed by atoms with van der Waals surface area (Å²) < 4.78 is 11.4. The molecule has 0 radical (unpaired) electrons. The van der Waals surface area contributed by atoms with Crippen molar-refractivity contribution in [2.45, 2.75) is 33.0 Å². The van der Waals surface area contributed by atoms with Crippen molar-refractivity contribution in [2.75, 3.05) is 18.6 Å². The first-order valence-corrected chi connectivity index (χ1v) is 9.06. The molecular formula is C16H24N2O2S. The maximum atomic E-state index is 12.6. The monoisotopic (exact) mass is 308 g/mol. The largest absolute Gasteiger partial charge is 0.321 e. The first kappa shape index (κ1) is 16.2. The van der Waals surface area contributed by atoms with Gasteiger partial charge in [-0.2, -0.15) is 0 Å². The van der Waals surface area contributed by atoms with Crippen LogP contribution in [0.4, 0.5) is 0 Å². The number of hydrogen-bond donors (Lipinski definition) is 1. The van der Waals surface area contributed by atoms with Crippen LogP contribution in [0.3, 0.4) is 0 Å². The fourth-order valence-electron chi connectivity index (χ4n) is 2.70. The third-order valence-electron chi connectivity index (χ3n) is 3.84. The summed E-state index contributed by atoms with van der Waals surface area (Å²) in [4.78, 5) is 14.4. The second kappa shape index (κ2) is 6.71. The van der Waals surface area contributed by atoms with Gasteiger partial charge >= 0.3 is 0 Å². The molecule has 21 heavy (non-hydrogen) atoms. The number of aryl methyl sites for hydroxylation is 1. The molecule has 0 saturated carbocycles. The van der Waals surface area contributed by atoms with E-state index in [0.29, 0.717) is 12.3 Å². The summed E-state index contributed by atoms with van der Waals surface area (Å²) in [7, 11) is -0.896. The number of benzene rings is 1. The lowest BCUT2D eigenvalue weighted by atomic mass is 10.0. The third-order valence-corrected chi connectivity index (χ3v) is 4.60. The number of nitrogens with zero attached hydrogens (tertiary/aromatic N) is 1. The highest BCUT2D eigenvalue weighted by Crippen LogP contribution is 2.28. The third kappa shape index (κ3) is 3.71. The predicted octanol–water partition coefficient (Wildman–Crippen LogP) is 1.83. The maximum Gasteiger partial charge on any atom is 0.241 e. The maximum absolute atomic E-state index is 12.6. The molecule has 1 fully saturated rings. The van der Waals surface area contributed by atoms with E-state index in [9.17, 15) is 9.00 Å². The van der Waals surface area contributed by atoms with E-state index in [1.807, 2.05) is 43.9 Å². The van der Waals surface area contributed by atoms with Gasteiger partial charge in [-0.05, 0) is 18.4 Å². The first-order valence-electron chi connectivity index (χ1n) is 7.33. The SMILES string of the molecule is Cc1cccc(C2NC(C(C)C)C(=O)N2CCS(C)=O)c1. The lowest BCUT2D eigenvalue weighted by Gasteiger charge is -2.24. The molecule has 1 N–H and O–H groups in total. The number of carbonyl (C=O) groups is 1. The van der Waals surface area contributed by atoms with Gasteiger partial charge in [0, 0.05) is 29.4 Å². The van der Waals surface area contributed by atoms with E-state index in [0.717, 1.165) is 5.56 Å². The van der Waals surface area contributed by atoms with Crippen LogP contribution in [0, 0.1) is 12.8 Å². The van der Waals surface area contributed by atoms with Gasteiger partial charge in [-0.3, -0.25) is 14.3 Å². The number of rotatable bonds is 5. The first-order chi connectivity index (χ1) is 9.90. The highest BCUT2D eigenvalue weighted by atomic mass is 32.2. The van der Waals surface area contributed by atoms with E-state index < -0.39 is 10.8 Å². The molecular weight excluding hydrogens is 284 g/mol. The number of nitrogens with one attached hydrogen (secondary N) is 1. The van der Waals surface area contributed by atoms with Crippen molar-refractivity contribution in [3.8, 4) is 0 Å². The van der Waals surface area contributed by atoms with Crippen LogP contribution in [0.1, 0.15) is 31.1 Å². The van der Waals surface area contributed by atoms with Crippen molar-refractivity contribution < 1.29 is 9.00 Å². The van der Waals surface area contributed by atoms with Crippen molar-refractivity contribution in [2.24, 2.45) is 5.92 Å². The molecule has 0 bridgehead atoms. The molecule has 0 spiro atoms. The molecule has 3 unspecified atom stereocenters. The van der Waals surface area contributed by atoms with Gasteiger partial charge in [0.1, 0.15) is 6.17 Å². The molecule has 1 amide bonds. The van der Waals surface area contributed by atoms with Gasteiger partial charge < -0.3 is 4.90 Å². The van der Waals surface area contributed by atoms with Crippen LogP contribution in [-0.2, 0) is 15.6 Å². The van der Waals surface area contributed by atoms with E-state index in [-0.39, 0.29) is 24.0 Å². The highest BCUT2D eigenvalue weighted by Gasteiger charge is 2.40. The van der Waals surface area contributed by atoms with Gasteiger partial charge in [-0.25, -0.2) is 0 Å². The molecule has 1 saturated heterocycles. The fourth-order valence-corrected chi connectivity index (χ4v) is 3.15. The summed E-state index contributed by atoms with van der Waals surface area (Å²) in [6.07, 6.45) is 1.56. The lowest BCUT2D eigenvalue weighted by Crippen LogP contribution is -2.36. The molecule has 4 nitrogen and oxygen atoms in total. The Morgan fingerprint density at radius 1 is 1.38 bits per heavy atom. The molecule has 1 aliphatic rings. The van der Waals surface area contributed by atoms with E-state index in [1.165, 1.54) is 5.56 Å². The molecule has 1 aliphatic heterocycles. The van der Waals surface area contributed by atoms with Crippen molar-refractivity contribution in [1.29, 1.82) is 0 Å². The second-order valence-corrected chi connectivity index (χ2v) is 7.57. The predicted molar refractivity (Wildman–Crippen MR) is 86.3 cm³/mol. The van der Waals surface area contributed by atoms with Crippen LogP contribution in [0.2, 0.25) is 0 Å². The Bertz CT molecular complexity index is 545. The molecule has 1 heterocycles. The van der Waals surface area contributed by atoms with Crippen LogP contribution >= 0.6 is 0 Å².